The maximum atomic E-state index is 5.53. The monoisotopic (exact) mass is 226 g/mol. The number of aromatic nitrogens is 1. The molecule has 0 aliphatic carbocycles. The van der Waals surface area contributed by atoms with E-state index in [0.29, 0.717) is 6.54 Å². The molecule has 0 amide bonds. The minimum Gasteiger partial charge on any atom is -0.492 e. The van der Waals surface area contributed by atoms with Crippen molar-refractivity contribution in [2.45, 2.75) is 12.8 Å². The van der Waals surface area contributed by atoms with E-state index in [1.165, 1.54) is 0 Å². The van der Waals surface area contributed by atoms with E-state index in [1.54, 1.807) is 6.20 Å². The Morgan fingerprint density at radius 2 is 2.33 bits per heavy atom. The molecule has 0 fully saturated rings. The highest BCUT2D eigenvalue weighted by atomic mass is 32.2. The lowest BCUT2D eigenvalue weighted by molar-refractivity contribution is 0.317. The lowest BCUT2D eigenvalue weighted by atomic mass is 10.3. The molecule has 15 heavy (non-hydrogen) atoms. The Hall–Kier alpha value is -0.740. The fourth-order valence-electron chi connectivity index (χ4n) is 1.19. The standard InChI is InChI=1S/C11H18N2OS/c1-15-8-2-7-14-11-4-3-10(5-6-12)13-9-11/h3-4,9H,2,5-8,12H2,1H3. The minimum absolute atomic E-state index is 0.640. The van der Waals surface area contributed by atoms with Crippen LogP contribution in [0, 0.1) is 0 Å². The normalized spacial score (nSPS) is 10.3. The SMILES string of the molecule is CSCCCOc1ccc(CCN)nc1. The Morgan fingerprint density at radius 1 is 1.47 bits per heavy atom. The van der Waals surface area contributed by atoms with Gasteiger partial charge in [0.05, 0.1) is 12.8 Å². The van der Waals surface area contributed by atoms with Gasteiger partial charge in [0.25, 0.3) is 0 Å². The largest absolute Gasteiger partial charge is 0.492 e. The van der Waals surface area contributed by atoms with E-state index >= 15 is 0 Å². The molecule has 0 aliphatic heterocycles. The average Bonchev–Trinajstić information content (AvgIpc) is 2.27. The Kier molecular flexibility index (Phi) is 6.20. The maximum Gasteiger partial charge on any atom is 0.137 e. The zero-order chi connectivity index (χ0) is 10.9. The smallest absolute Gasteiger partial charge is 0.137 e. The summed E-state index contributed by atoms with van der Waals surface area (Å²) >= 11 is 1.84. The molecule has 0 unspecified atom stereocenters. The number of hydrogen-bond donors (Lipinski definition) is 1. The molecule has 0 aliphatic rings. The lowest BCUT2D eigenvalue weighted by Crippen LogP contribution is -2.04. The minimum atomic E-state index is 0.640. The van der Waals surface area contributed by atoms with Gasteiger partial charge in [0, 0.05) is 12.1 Å². The first kappa shape index (κ1) is 12.3. The molecule has 1 heterocycles. The number of pyridine rings is 1. The lowest BCUT2D eigenvalue weighted by Gasteiger charge is -2.05. The average molecular weight is 226 g/mol. The topological polar surface area (TPSA) is 48.1 Å². The third kappa shape index (κ3) is 5.04. The summed E-state index contributed by atoms with van der Waals surface area (Å²) in [6.07, 6.45) is 5.77. The molecule has 1 rings (SSSR count). The molecule has 0 spiro atoms. The molecule has 3 nitrogen and oxygen atoms in total. The maximum absolute atomic E-state index is 5.53. The highest BCUT2D eigenvalue weighted by Crippen LogP contribution is 2.10. The molecule has 0 aromatic carbocycles. The molecular formula is C11H18N2OS. The van der Waals surface area contributed by atoms with Gasteiger partial charge in [-0.2, -0.15) is 11.8 Å². The molecule has 2 N–H and O–H groups in total. The van der Waals surface area contributed by atoms with Crippen molar-refractivity contribution in [3.63, 3.8) is 0 Å². The molecule has 4 heteroatoms. The zero-order valence-corrected chi connectivity index (χ0v) is 9.93. The van der Waals surface area contributed by atoms with Gasteiger partial charge in [-0.1, -0.05) is 0 Å². The summed E-state index contributed by atoms with van der Waals surface area (Å²) in [6, 6.07) is 3.92. The molecule has 84 valence electrons. The highest BCUT2D eigenvalue weighted by molar-refractivity contribution is 7.98. The Labute approximate surface area is 95.4 Å². The van der Waals surface area contributed by atoms with Crippen molar-refractivity contribution in [2.24, 2.45) is 5.73 Å². The first-order chi connectivity index (χ1) is 7.36. The van der Waals surface area contributed by atoms with Crippen LogP contribution in [0.15, 0.2) is 18.3 Å². The van der Waals surface area contributed by atoms with Gasteiger partial charge in [-0.3, -0.25) is 4.98 Å². The van der Waals surface area contributed by atoms with Crippen molar-refractivity contribution in [1.82, 2.24) is 4.98 Å². The first-order valence-corrected chi connectivity index (χ1v) is 6.53. The molecule has 1 aromatic rings. The van der Waals surface area contributed by atoms with E-state index in [0.717, 1.165) is 36.6 Å². The van der Waals surface area contributed by atoms with E-state index in [2.05, 4.69) is 11.2 Å². The van der Waals surface area contributed by atoms with Crippen molar-refractivity contribution in [3.8, 4) is 5.75 Å². The van der Waals surface area contributed by atoms with Crippen LogP contribution in [0.4, 0.5) is 0 Å². The van der Waals surface area contributed by atoms with Gasteiger partial charge < -0.3 is 10.5 Å². The molecule has 1 aromatic heterocycles. The summed E-state index contributed by atoms with van der Waals surface area (Å²) in [6.45, 7) is 1.40. The van der Waals surface area contributed by atoms with Gasteiger partial charge in [0.1, 0.15) is 5.75 Å². The van der Waals surface area contributed by atoms with Crippen LogP contribution >= 0.6 is 11.8 Å². The molecule has 0 saturated carbocycles. The fourth-order valence-corrected chi connectivity index (χ4v) is 1.59. The number of nitrogens with two attached hydrogens (primary N) is 1. The van der Waals surface area contributed by atoms with Crippen molar-refractivity contribution < 1.29 is 4.74 Å². The fraction of sp³-hybridized carbons (Fsp3) is 0.545. The van der Waals surface area contributed by atoms with Crippen LogP contribution in [-0.4, -0.2) is 30.1 Å². The summed E-state index contributed by atoms with van der Waals surface area (Å²) in [5, 5.41) is 0. The van der Waals surface area contributed by atoms with E-state index in [-0.39, 0.29) is 0 Å². The van der Waals surface area contributed by atoms with E-state index < -0.39 is 0 Å². The van der Waals surface area contributed by atoms with Gasteiger partial charge in [-0.25, -0.2) is 0 Å². The van der Waals surface area contributed by atoms with Gasteiger partial charge in [0.2, 0.25) is 0 Å². The zero-order valence-electron chi connectivity index (χ0n) is 9.11. The third-order valence-electron chi connectivity index (χ3n) is 1.96. The molecule has 0 atom stereocenters. The van der Waals surface area contributed by atoms with Crippen LogP contribution in [0.25, 0.3) is 0 Å². The molecule has 0 saturated heterocycles. The summed E-state index contributed by atoms with van der Waals surface area (Å²) in [7, 11) is 0. The van der Waals surface area contributed by atoms with Crippen molar-refractivity contribution in [3.05, 3.63) is 24.0 Å². The van der Waals surface area contributed by atoms with Gasteiger partial charge in [-0.05, 0) is 37.1 Å². The predicted octanol–water partition coefficient (Wildman–Crippen LogP) is 1.71. The first-order valence-electron chi connectivity index (χ1n) is 5.13. The van der Waals surface area contributed by atoms with Crippen LogP contribution in [-0.2, 0) is 6.42 Å². The van der Waals surface area contributed by atoms with E-state index in [9.17, 15) is 0 Å². The Morgan fingerprint density at radius 3 is 2.93 bits per heavy atom. The quantitative estimate of drug-likeness (QED) is 0.719. The number of ether oxygens (including phenoxy) is 1. The van der Waals surface area contributed by atoms with Gasteiger partial charge >= 0.3 is 0 Å². The van der Waals surface area contributed by atoms with Crippen molar-refractivity contribution in [1.29, 1.82) is 0 Å². The number of thioether (sulfide) groups is 1. The summed E-state index contributed by atoms with van der Waals surface area (Å²) in [5.41, 5.74) is 6.46. The summed E-state index contributed by atoms with van der Waals surface area (Å²) in [5.74, 6) is 1.98. The van der Waals surface area contributed by atoms with Crippen molar-refractivity contribution in [2.75, 3.05) is 25.2 Å². The van der Waals surface area contributed by atoms with Crippen LogP contribution in [0.5, 0.6) is 5.75 Å². The second-order valence-electron chi connectivity index (χ2n) is 3.22. The highest BCUT2D eigenvalue weighted by Gasteiger charge is 1.96. The van der Waals surface area contributed by atoms with E-state index in [1.807, 2.05) is 23.9 Å². The second-order valence-corrected chi connectivity index (χ2v) is 4.20. The molecule has 0 radical (unpaired) electrons. The Bertz CT molecular complexity index is 264. The van der Waals surface area contributed by atoms with Crippen LogP contribution in [0.3, 0.4) is 0 Å². The van der Waals surface area contributed by atoms with Gasteiger partial charge in [0.15, 0.2) is 0 Å². The Balaban J connectivity index is 2.29. The van der Waals surface area contributed by atoms with Crippen LogP contribution < -0.4 is 10.5 Å². The number of nitrogens with zero attached hydrogens (tertiary/aromatic N) is 1. The number of rotatable bonds is 7. The van der Waals surface area contributed by atoms with Crippen LogP contribution in [0.2, 0.25) is 0 Å². The molecule has 0 bridgehead atoms. The molecular weight excluding hydrogens is 208 g/mol. The third-order valence-corrected chi connectivity index (χ3v) is 2.66. The van der Waals surface area contributed by atoms with Gasteiger partial charge in [-0.15, -0.1) is 0 Å². The predicted molar refractivity (Wildman–Crippen MR) is 65.5 cm³/mol. The van der Waals surface area contributed by atoms with Crippen molar-refractivity contribution >= 4 is 11.8 Å². The summed E-state index contributed by atoms with van der Waals surface area (Å²) in [4.78, 5) is 4.26. The van der Waals surface area contributed by atoms with E-state index in [4.69, 9.17) is 10.5 Å². The second kappa shape index (κ2) is 7.54. The summed E-state index contributed by atoms with van der Waals surface area (Å²) < 4.78 is 5.53. The van der Waals surface area contributed by atoms with Crippen LogP contribution in [0.1, 0.15) is 12.1 Å². The number of hydrogen-bond acceptors (Lipinski definition) is 4.